The third kappa shape index (κ3) is 6.74. The molecule has 1 aliphatic carbocycles. The van der Waals surface area contributed by atoms with Gasteiger partial charge in [0.15, 0.2) is 0 Å². The van der Waals surface area contributed by atoms with Crippen molar-refractivity contribution < 1.29 is 23.9 Å². The highest BCUT2D eigenvalue weighted by Gasteiger charge is 2.34. The van der Waals surface area contributed by atoms with Crippen molar-refractivity contribution in [1.29, 1.82) is 0 Å². The van der Waals surface area contributed by atoms with Crippen molar-refractivity contribution >= 4 is 30.3 Å². The minimum atomic E-state index is -1.02. The fourth-order valence-corrected chi connectivity index (χ4v) is 2.93. The highest BCUT2D eigenvalue weighted by molar-refractivity contribution is 5.88. The number of nitrogens with two attached hydrogens (primary N) is 1. The van der Waals surface area contributed by atoms with Crippen LogP contribution >= 0.6 is 12.4 Å². The van der Waals surface area contributed by atoms with Crippen LogP contribution in [0.4, 0.5) is 0 Å². The number of esters is 2. The molecule has 0 aromatic heterocycles. The maximum atomic E-state index is 12.2. The lowest BCUT2D eigenvalue weighted by Crippen LogP contribution is -2.46. The van der Waals surface area contributed by atoms with E-state index in [1.165, 1.54) is 14.2 Å². The molecule has 0 aromatic carbocycles. The van der Waals surface area contributed by atoms with E-state index >= 15 is 0 Å². The van der Waals surface area contributed by atoms with Gasteiger partial charge in [-0.2, -0.15) is 0 Å². The number of carbonyl (C=O) groups excluding carboxylic acids is 3. The summed E-state index contributed by atoms with van der Waals surface area (Å²) in [5.74, 6) is -1.53. The van der Waals surface area contributed by atoms with Crippen LogP contribution in [0.3, 0.4) is 0 Å². The molecule has 0 aromatic rings. The van der Waals surface area contributed by atoms with Crippen molar-refractivity contribution in [2.24, 2.45) is 11.1 Å². The maximum Gasteiger partial charge on any atom is 0.328 e. The monoisotopic (exact) mass is 350 g/mol. The fraction of sp³-hybridized carbons (Fsp3) is 0.800. The van der Waals surface area contributed by atoms with Crippen LogP contribution in [0.1, 0.15) is 44.9 Å². The van der Waals surface area contributed by atoms with E-state index in [9.17, 15) is 14.4 Å². The van der Waals surface area contributed by atoms with Gasteiger partial charge in [-0.1, -0.05) is 19.3 Å². The summed E-state index contributed by atoms with van der Waals surface area (Å²) in [7, 11) is 2.44. The summed E-state index contributed by atoms with van der Waals surface area (Å²) in [4.78, 5) is 35.3. The summed E-state index contributed by atoms with van der Waals surface area (Å²) in [6.45, 7) is 0.445. The van der Waals surface area contributed by atoms with E-state index in [0.29, 0.717) is 6.54 Å². The molecule has 8 heteroatoms. The molecule has 1 amide bonds. The third-order valence-corrected chi connectivity index (χ3v) is 4.30. The second-order valence-electron chi connectivity index (χ2n) is 5.87. The fourth-order valence-electron chi connectivity index (χ4n) is 2.93. The Morgan fingerprint density at radius 1 is 1.13 bits per heavy atom. The summed E-state index contributed by atoms with van der Waals surface area (Å²) in [6, 6.07) is -1.02. The van der Waals surface area contributed by atoms with Crippen molar-refractivity contribution in [3.63, 3.8) is 0 Å². The van der Waals surface area contributed by atoms with Gasteiger partial charge < -0.3 is 20.5 Å². The average Bonchev–Trinajstić information content (AvgIpc) is 2.53. The molecule has 0 heterocycles. The lowest BCUT2D eigenvalue weighted by Gasteiger charge is -2.35. The van der Waals surface area contributed by atoms with E-state index in [0.717, 1.165) is 32.1 Å². The quantitative estimate of drug-likeness (QED) is 0.661. The molecule has 0 aliphatic heterocycles. The van der Waals surface area contributed by atoms with Gasteiger partial charge in [-0.05, 0) is 24.8 Å². The molecule has 23 heavy (non-hydrogen) atoms. The number of halogens is 1. The second-order valence-corrected chi connectivity index (χ2v) is 5.87. The number of rotatable bonds is 7. The minimum absolute atomic E-state index is 0. The Morgan fingerprint density at radius 2 is 1.74 bits per heavy atom. The van der Waals surface area contributed by atoms with E-state index < -0.39 is 18.0 Å². The number of hydrogen-bond donors (Lipinski definition) is 2. The molecule has 0 radical (unpaired) electrons. The van der Waals surface area contributed by atoms with Crippen LogP contribution in [0, 0.1) is 5.41 Å². The predicted octanol–water partition coefficient (Wildman–Crippen LogP) is 0.928. The number of nitrogens with one attached hydrogen (secondary N) is 1. The Labute approximate surface area is 143 Å². The smallest absolute Gasteiger partial charge is 0.328 e. The Hall–Kier alpha value is -1.34. The van der Waals surface area contributed by atoms with Gasteiger partial charge in [0.1, 0.15) is 6.04 Å². The van der Waals surface area contributed by atoms with Crippen LogP contribution in [-0.2, 0) is 23.9 Å². The third-order valence-electron chi connectivity index (χ3n) is 4.30. The zero-order valence-corrected chi connectivity index (χ0v) is 14.6. The lowest BCUT2D eigenvalue weighted by atomic mass is 9.71. The minimum Gasteiger partial charge on any atom is -0.469 e. The molecule has 1 aliphatic rings. The first-order chi connectivity index (χ1) is 10.5. The van der Waals surface area contributed by atoms with Crippen LogP contribution in [0.25, 0.3) is 0 Å². The Balaban J connectivity index is 0.00000484. The first-order valence-electron chi connectivity index (χ1n) is 7.60. The topological polar surface area (TPSA) is 108 Å². The van der Waals surface area contributed by atoms with Crippen LogP contribution < -0.4 is 11.1 Å². The van der Waals surface area contributed by atoms with Crippen molar-refractivity contribution in [3.8, 4) is 0 Å². The molecule has 1 saturated carbocycles. The van der Waals surface area contributed by atoms with Gasteiger partial charge in [0.25, 0.3) is 0 Å². The summed E-state index contributed by atoms with van der Waals surface area (Å²) in [5, 5.41) is 2.57. The molecule has 0 bridgehead atoms. The van der Waals surface area contributed by atoms with Crippen molar-refractivity contribution in [2.45, 2.75) is 51.0 Å². The van der Waals surface area contributed by atoms with E-state index in [2.05, 4.69) is 14.8 Å². The van der Waals surface area contributed by atoms with Gasteiger partial charge >= 0.3 is 11.9 Å². The molecular formula is C15H27ClN2O5. The normalized spacial score (nSPS) is 17.3. The molecule has 0 saturated heterocycles. The van der Waals surface area contributed by atoms with Crippen molar-refractivity contribution in [1.82, 2.24) is 5.32 Å². The van der Waals surface area contributed by atoms with Gasteiger partial charge in [-0.3, -0.25) is 9.59 Å². The Bertz CT molecular complexity index is 411. The molecular weight excluding hydrogens is 324 g/mol. The van der Waals surface area contributed by atoms with Crippen LogP contribution in [0.2, 0.25) is 0 Å². The van der Waals surface area contributed by atoms with Crippen LogP contribution in [0.5, 0.6) is 0 Å². The molecule has 1 fully saturated rings. The van der Waals surface area contributed by atoms with E-state index in [1.54, 1.807) is 0 Å². The summed E-state index contributed by atoms with van der Waals surface area (Å²) in [6.07, 6.45) is 5.13. The number of methoxy groups -OCH3 is 2. The zero-order chi connectivity index (χ0) is 16.6. The largest absolute Gasteiger partial charge is 0.469 e. The van der Waals surface area contributed by atoms with E-state index in [1.807, 2.05) is 0 Å². The first-order valence-corrected chi connectivity index (χ1v) is 7.60. The average molecular weight is 351 g/mol. The SMILES string of the molecule is COC(=O)CC(NC(=O)CC1(CN)CCCCC1)C(=O)OC.Cl. The van der Waals surface area contributed by atoms with Crippen LogP contribution in [-0.4, -0.2) is 44.7 Å². The van der Waals surface area contributed by atoms with Gasteiger partial charge in [-0.15, -0.1) is 12.4 Å². The Morgan fingerprint density at radius 3 is 2.22 bits per heavy atom. The highest BCUT2D eigenvalue weighted by Crippen LogP contribution is 2.38. The van der Waals surface area contributed by atoms with E-state index in [-0.39, 0.29) is 36.6 Å². The van der Waals surface area contributed by atoms with Crippen LogP contribution in [0.15, 0.2) is 0 Å². The molecule has 1 unspecified atom stereocenters. The highest BCUT2D eigenvalue weighted by atomic mass is 35.5. The molecule has 134 valence electrons. The molecule has 0 spiro atoms. The van der Waals surface area contributed by atoms with E-state index in [4.69, 9.17) is 5.73 Å². The maximum absolute atomic E-state index is 12.2. The van der Waals surface area contributed by atoms with Gasteiger partial charge in [0.2, 0.25) is 5.91 Å². The molecule has 3 N–H and O–H groups in total. The molecule has 1 rings (SSSR count). The van der Waals surface area contributed by atoms with Gasteiger partial charge in [0.05, 0.1) is 20.6 Å². The second kappa shape index (κ2) is 10.4. The lowest BCUT2D eigenvalue weighted by molar-refractivity contribution is -0.151. The molecule has 1 atom stereocenters. The zero-order valence-electron chi connectivity index (χ0n) is 13.8. The van der Waals surface area contributed by atoms with Gasteiger partial charge in [0, 0.05) is 6.42 Å². The summed E-state index contributed by atoms with van der Waals surface area (Å²) >= 11 is 0. The first kappa shape index (κ1) is 21.7. The predicted molar refractivity (Wildman–Crippen MR) is 87.0 cm³/mol. The number of hydrogen-bond acceptors (Lipinski definition) is 6. The van der Waals surface area contributed by atoms with Gasteiger partial charge in [-0.25, -0.2) is 4.79 Å². The summed E-state index contributed by atoms with van der Waals surface area (Å²) in [5.41, 5.74) is 5.66. The number of ether oxygens (including phenoxy) is 2. The standard InChI is InChI=1S/C15H26N2O5.ClH/c1-21-13(19)8-11(14(20)22-2)17-12(18)9-15(10-16)6-4-3-5-7-15;/h11H,3-10,16H2,1-2H3,(H,17,18);1H. The number of carbonyl (C=O) groups is 3. The van der Waals surface area contributed by atoms with Crippen molar-refractivity contribution in [3.05, 3.63) is 0 Å². The molecule has 7 nitrogen and oxygen atoms in total. The van der Waals surface area contributed by atoms with Crippen molar-refractivity contribution in [2.75, 3.05) is 20.8 Å². The summed E-state index contributed by atoms with van der Waals surface area (Å²) < 4.78 is 9.14. The number of amides is 1. The Kier molecular flexibility index (Phi) is 9.83.